The van der Waals surface area contributed by atoms with Crippen molar-refractivity contribution in [2.24, 2.45) is 0 Å². The summed E-state index contributed by atoms with van der Waals surface area (Å²) in [6.07, 6.45) is 1.15. The number of carbonyl (C=O) groups excluding carboxylic acids is 2. The Labute approximate surface area is 117 Å². The molecule has 0 bridgehead atoms. The van der Waals surface area contributed by atoms with Crippen molar-refractivity contribution < 1.29 is 18.7 Å². The highest BCUT2D eigenvalue weighted by Gasteiger charge is 2.19. The van der Waals surface area contributed by atoms with Gasteiger partial charge in [0.05, 0.1) is 0 Å². The van der Waals surface area contributed by atoms with Gasteiger partial charge in [-0.2, -0.15) is 0 Å². The molecule has 1 aliphatic rings. The molecule has 2 aromatic rings. The molecule has 0 radical (unpaired) electrons. The Kier molecular flexibility index (Phi) is 3.22. The van der Waals surface area contributed by atoms with Crippen molar-refractivity contribution in [3.8, 4) is 11.6 Å². The Hall–Kier alpha value is -2.97. The lowest BCUT2D eigenvalue weighted by Gasteiger charge is -2.16. The van der Waals surface area contributed by atoms with Gasteiger partial charge >= 0.3 is 5.76 Å². The number of anilines is 1. The zero-order chi connectivity index (χ0) is 14.8. The topological polar surface area (TPSA) is 116 Å². The van der Waals surface area contributed by atoms with E-state index in [1.807, 2.05) is 0 Å². The van der Waals surface area contributed by atoms with Gasteiger partial charge < -0.3 is 19.3 Å². The molecule has 0 saturated carbocycles. The molecule has 1 amide bonds. The highest BCUT2D eigenvalue weighted by molar-refractivity contribution is 5.94. The second kappa shape index (κ2) is 5.19. The number of aryl methyl sites for hydroxylation is 1. The van der Waals surface area contributed by atoms with Gasteiger partial charge in [-0.3, -0.25) is 4.79 Å². The summed E-state index contributed by atoms with van der Waals surface area (Å²) in [5.41, 5.74) is 0. The lowest BCUT2D eigenvalue weighted by Crippen LogP contribution is -2.27. The first-order chi connectivity index (χ1) is 10.2. The van der Waals surface area contributed by atoms with E-state index in [2.05, 4.69) is 15.4 Å². The molecule has 0 aromatic carbocycles. The number of nitrogens with one attached hydrogen (secondary N) is 1. The van der Waals surface area contributed by atoms with Gasteiger partial charge in [0.15, 0.2) is 24.0 Å². The third kappa shape index (κ3) is 2.53. The first-order valence-corrected chi connectivity index (χ1v) is 6.14. The maximum absolute atomic E-state index is 11.7. The van der Waals surface area contributed by atoms with E-state index in [0.717, 1.165) is 4.68 Å². The summed E-state index contributed by atoms with van der Waals surface area (Å²) in [7, 11) is 0. The second-order valence-corrected chi connectivity index (χ2v) is 4.23. The average Bonchev–Trinajstić information content (AvgIpc) is 2.85. The summed E-state index contributed by atoms with van der Waals surface area (Å²) >= 11 is 0. The molecule has 1 N–H and O–H groups in total. The molecule has 0 fully saturated rings. The number of ether oxygens (including phenoxy) is 1. The van der Waals surface area contributed by atoms with Gasteiger partial charge in [0.1, 0.15) is 6.29 Å². The Morgan fingerprint density at radius 2 is 2.24 bits per heavy atom. The Bertz CT molecular complexity index is 763. The van der Waals surface area contributed by atoms with E-state index in [-0.39, 0.29) is 42.9 Å². The van der Waals surface area contributed by atoms with Gasteiger partial charge in [-0.1, -0.05) is 0 Å². The van der Waals surface area contributed by atoms with Crippen molar-refractivity contribution in [2.45, 2.75) is 12.8 Å². The molecular weight excluding hydrogens is 280 g/mol. The van der Waals surface area contributed by atoms with Crippen molar-refractivity contribution in [1.29, 1.82) is 0 Å². The number of fused-ring (bicyclic) bond motifs is 1. The number of hydrogen-bond donors (Lipinski definition) is 1. The molecule has 9 heteroatoms. The summed E-state index contributed by atoms with van der Waals surface area (Å²) in [5.74, 6) is -0.0838. The Balaban J connectivity index is 1.95. The minimum absolute atomic E-state index is 0.0756. The molecule has 3 rings (SSSR count). The molecule has 108 valence electrons. The quantitative estimate of drug-likeness (QED) is 0.767. The van der Waals surface area contributed by atoms with Gasteiger partial charge in [-0.25, -0.2) is 9.78 Å². The fourth-order valence-electron chi connectivity index (χ4n) is 1.82. The van der Waals surface area contributed by atoms with Gasteiger partial charge in [0, 0.05) is 12.8 Å². The number of amides is 1. The number of nitrogens with zero attached hydrogens (tertiary/aromatic N) is 3. The SMILES string of the molecule is O=CCCc1nn(-c2ccc3c(n2)NC(=O)CO3)c(=O)o1. The smallest absolute Gasteiger partial charge is 0.443 e. The number of rotatable bonds is 4. The normalized spacial score (nSPS) is 13.2. The maximum atomic E-state index is 11.7. The monoisotopic (exact) mass is 290 g/mol. The van der Waals surface area contributed by atoms with E-state index in [4.69, 9.17) is 9.15 Å². The molecule has 0 spiro atoms. The standard InChI is InChI=1S/C12H10N4O5/c17-5-1-2-10-15-16(12(19)21-10)8-4-3-7-11(13-8)14-9(18)6-20-7/h3-5H,1-2,6H2,(H,13,14,18). The van der Waals surface area contributed by atoms with Crippen LogP contribution in [0.5, 0.6) is 5.75 Å². The van der Waals surface area contributed by atoms with Crippen molar-refractivity contribution in [3.63, 3.8) is 0 Å². The molecule has 21 heavy (non-hydrogen) atoms. The Morgan fingerprint density at radius 3 is 3.05 bits per heavy atom. The molecule has 0 unspecified atom stereocenters. The third-order valence-corrected chi connectivity index (χ3v) is 2.74. The van der Waals surface area contributed by atoms with Gasteiger partial charge in [0.2, 0.25) is 5.89 Å². The molecule has 0 atom stereocenters. The molecule has 0 aliphatic carbocycles. The van der Waals surface area contributed by atoms with Crippen molar-refractivity contribution in [3.05, 3.63) is 28.6 Å². The zero-order valence-electron chi connectivity index (χ0n) is 10.7. The zero-order valence-corrected chi connectivity index (χ0v) is 10.7. The molecule has 1 aliphatic heterocycles. The van der Waals surface area contributed by atoms with Crippen LogP contribution < -0.4 is 15.8 Å². The number of hydrogen-bond acceptors (Lipinski definition) is 7. The van der Waals surface area contributed by atoms with Gasteiger partial charge in [-0.15, -0.1) is 9.78 Å². The third-order valence-electron chi connectivity index (χ3n) is 2.74. The number of aldehydes is 1. The molecule has 2 aromatic heterocycles. The largest absolute Gasteiger partial charge is 0.480 e. The van der Waals surface area contributed by atoms with Crippen LogP contribution in [0.2, 0.25) is 0 Å². The highest BCUT2D eigenvalue weighted by Crippen LogP contribution is 2.25. The highest BCUT2D eigenvalue weighted by atomic mass is 16.5. The summed E-state index contributed by atoms with van der Waals surface area (Å²) in [6.45, 7) is -0.0756. The van der Waals surface area contributed by atoms with E-state index in [1.54, 1.807) is 6.07 Å². The summed E-state index contributed by atoms with van der Waals surface area (Å²) in [6, 6.07) is 3.09. The lowest BCUT2D eigenvalue weighted by atomic mass is 10.3. The van der Waals surface area contributed by atoms with Crippen LogP contribution in [0.25, 0.3) is 5.82 Å². The first-order valence-electron chi connectivity index (χ1n) is 6.14. The van der Waals surface area contributed by atoms with Crippen LogP contribution >= 0.6 is 0 Å². The van der Waals surface area contributed by atoms with Crippen LogP contribution in [0.15, 0.2) is 21.3 Å². The minimum atomic E-state index is -0.716. The van der Waals surface area contributed by atoms with E-state index in [9.17, 15) is 14.4 Å². The number of carbonyl (C=O) groups is 2. The average molecular weight is 290 g/mol. The molecule has 3 heterocycles. The number of pyridine rings is 1. The van der Waals surface area contributed by atoms with Crippen LogP contribution in [0.1, 0.15) is 12.3 Å². The predicted octanol–water partition coefficient (Wildman–Crippen LogP) is -0.317. The Morgan fingerprint density at radius 1 is 1.38 bits per heavy atom. The van der Waals surface area contributed by atoms with Crippen LogP contribution in [0.3, 0.4) is 0 Å². The second-order valence-electron chi connectivity index (χ2n) is 4.23. The molecular formula is C12H10N4O5. The van der Waals surface area contributed by atoms with E-state index >= 15 is 0 Å². The number of aromatic nitrogens is 3. The molecule has 0 saturated heterocycles. The lowest BCUT2D eigenvalue weighted by molar-refractivity contribution is -0.118. The minimum Gasteiger partial charge on any atom is -0.480 e. The van der Waals surface area contributed by atoms with Crippen LogP contribution in [0, 0.1) is 0 Å². The first kappa shape index (κ1) is 13.0. The van der Waals surface area contributed by atoms with Crippen molar-refractivity contribution in [1.82, 2.24) is 14.8 Å². The summed E-state index contributed by atoms with van der Waals surface area (Å²) in [4.78, 5) is 37.4. The maximum Gasteiger partial charge on any atom is 0.443 e. The van der Waals surface area contributed by atoms with E-state index < -0.39 is 5.76 Å². The van der Waals surface area contributed by atoms with Gasteiger partial charge in [-0.05, 0) is 12.1 Å². The van der Waals surface area contributed by atoms with Crippen molar-refractivity contribution >= 4 is 18.0 Å². The molecule has 9 nitrogen and oxygen atoms in total. The van der Waals surface area contributed by atoms with Gasteiger partial charge in [0.25, 0.3) is 5.91 Å². The van der Waals surface area contributed by atoms with Crippen LogP contribution in [0.4, 0.5) is 5.82 Å². The fraction of sp³-hybridized carbons (Fsp3) is 0.250. The van der Waals surface area contributed by atoms with E-state index in [1.165, 1.54) is 6.07 Å². The fourth-order valence-corrected chi connectivity index (χ4v) is 1.82. The summed E-state index contributed by atoms with van der Waals surface area (Å²) < 4.78 is 11.0. The predicted molar refractivity (Wildman–Crippen MR) is 68.4 cm³/mol. The van der Waals surface area contributed by atoms with Crippen LogP contribution in [-0.4, -0.2) is 33.6 Å². The van der Waals surface area contributed by atoms with Crippen LogP contribution in [-0.2, 0) is 16.0 Å². The summed E-state index contributed by atoms with van der Waals surface area (Å²) in [5, 5.41) is 6.48. The van der Waals surface area contributed by atoms with E-state index in [0.29, 0.717) is 12.0 Å². The van der Waals surface area contributed by atoms with Crippen molar-refractivity contribution in [2.75, 3.05) is 11.9 Å².